The number of halogens is 3. The van der Waals surface area contributed by atoms with Gasteiger partial charge in [-0.05, 0) is 80.4 Å². The third-order valence-electron chi connectivity index (χ3n) is 11.7. The Morgan fingerprint density at radius 1 is 1.09 bits per heavy atom. The highest BCUT2D eigenvalue weighted by atomic mass is 32.2. The van der Waals surface area contributed by atoms with E-state index in [4.69, 9.17) is 18.5 Å². The molecule has 5 aliphatic rings. The summed E-state index contributed by atoms with van der Waals surface area (Å²) in [6.45, 7) is 2.66. The SMILES string of the molecule is CC1C[C@H]2[C@@H]3C[C@H](F)C4=CC(=O)C=C[C@]4(C)[C@@]3(F)[C@@H](OCOP(=O)(O)OP(=O)(O)OCCNC(=O)COC3C#CCCCCC3)C[C@@]2(C)C1C(=O)SCF. The van der Waals surface area contributed by atoms with E-state index >= 15 is 8.78 Å². The summed E-state index contributed by atoms with van der Waals surface area (Å²) < 4.78 is 98.0. The number of allylic oxidation sites excluding steroid dienone is 4. The van der Waals surface area contributed by atoms with E-state index in [1.54, 1.807) is 13.8 Å². The van der Waals surface area contributed by atoms with Crippen molar-refractivity contribution in [3.05, 3.63) is 23.8 Å². The molecule has 0 aromatic rings. The largest absolute Gasteiger partial charge is 0.483 e. The summed E-state index contributed by atoms with van der Waals surface area (Å²) in [4.78, 5) is 58.0. The second-order valence-electron chi connectivity index (χ2n) is 15.0. The van der Waals surface area contributed by atoms with E-state index in [2.05, 4.69) is 21.5 Å². The standard InChI is InChI=1S/C35H48F3NO12P2S/c1-22-15-25-26-17-28(37)27-16-23(40)11-12-34(27,3)35(26,38)29(18-33(25,2)31(22)32(42)54-20-36)48-21-50-53(45,46)51-52(43,44)49-14-13-39-30(41)19-47-24-9-7-5-4-6-8-10-24/h11-12,16,22,24-26,28-29,31H,4-7,9,13-15,17-21H2,1-3H3,(H,39,41)(H,43,44)(H,45,46)/t22?,24?,25-,26-,28-,29-,31?,33+,34-,35-/m0/s1. The molecule has 0 aromatic carbocycles. The topological polar surface area (TPSA) is 184 Å². The molecule has 3 fully saturated rings. The van der Waals surface area contributed by atoms with E-state index < -0.39 is 98.4 Å². The molecule has 0 aromatic heterocycles. The molecule has 5 aliphatic carbocycles. The number of fused-ring (bicyclic) bond motifs is 5. The third kappa shape index (κ3) is 9.14. The van der Waals surface area contributed by atoms with Crippen LogP contribution in [-0.2, 0) is 46.3 Å². The molecule has 13 nitrogen and oxygen atoms in total. The minimum atomic E-state index is -5.43. The molecule has 0 saturated heterocycles. The number of alkyl halides is 3. The highest BCUT2D eigenvalue weighted by Gasteiger charge is 2.73. The van der Waals surface area contributed by atoms with Crippen LogP contribution in [0.3, 0.4) is 0 Å². The molecule has 0 aliphatic heterocycles. The van der Waals surface area contributed by atoms with Crippen molar-refractivity contribution in [3.63, 3.8) is 0 Å². The van der Waals surface area contributed by atoms with E-state index in [-0.39, 0.29) is 43.6 Å². The smallest absolute Gasteiger partial charge is 0.356 e. The molecule has 1 amide bonds. The van der Waals surface area contributed by atoms with Crippen molar-refractivity contribution in [3.8, 4) is 11.8 Å². The van der Waals surface area contributed by atoms with Gasteiger partial charge in [0, 0.05) is 30.2 Å². The summed E-state index contributed by atoms with van der Waals surface area (Å²) in [5.74, 6) is 2.25. The Balaban J connectivity index is 1.22. The number of phosphoric acid groups is 2. The van der Waals surface area contributed by atoms with Gasteiger partial charge in [-0.3, -0.25) is 23.4 Å². The van der Waals surface area contributed by atoms with Crippen LogP contribution in [0.25, 0.3) is 0 Å². The van der Waals surface area contributed by atoms with Gasteiger partial charge in [0.05, 0.1) is 12.7 Å². The maximum absolute atomic E-state index is 18.2. The Kier molecular flexibility index (Phi) is 13.9. The van der Waals surface area contributed by atoms with Crippen molar-refractivity contribution in [2.45, 2.75) is 96.2 Å². The first-order valence-electron chi connectivity index (χ1n) is 18.0. The molecule has 0 radical (unpaired) electrons. The number of ether oxygens (including phenoxy) is 2. The molecule has 3 saturated carbocycles. The van der Waals surface area contributed by atoms with Gasteiger partial charge >= 0.3 is 15.6 Å². The molecule has 5 unspecified atom stereocenters. The van der Waals surface area contributed by atoms with Crippen molar-refractivity contribution < 1.29 is 69.3 Å². The van der Waals surface area contributed by atoms with Gasteiger partial charge in [-0.15, -0.1) is 5.92 Å². The van der Waals surface area contributed by atoms with Gasteiger partial charge in [-0.1, -0.05) is 44.0 Å². The predicted molar refractivity (Wildman–Crippen MR) is 190 cm³/mol. The van der Waals surface area contributed by atoms with Crippen molar-refractivity contribution >= 4 is 44.2 Å². The van der Waals surface area contributed by atoms with Crippen LogP contribution in [0.1, 0.15) is 72.1 Å². The van der Waals surface area contributed by atoms with Crippen LogP contribution >= 0.6 is 27.4 Å². The monoisotopic (exact) mass is 825 g/mol. The van der Waals surface area contributed by atoms with E-state index in [0.29, 0.717) is 24.6 Å². The molecule has 12 atom stereocenters. The number of amides is 1. The van der Waals surface area contributed by atoms with Crippen molar-refractivity contribution in [1.29, 1.82) is 0 Å². The number of hydrogen-bond acceptors (Lipinski definition) is 11. The summed E-state index contributed by atoms with van der Waals surface area (Å²) in [6.07, 6.45) is 4.17. The fraction of sp³-hybridized carbons (Fsp3) is 0.743. The van der Waals surface area contributed by atoms with E-state index in [9.17, 15) is 37.7 Å². The number of rotatable bonds is 15. The van der Waals surface area contributed by atoms with Gasteiger partial charge in [0.15, 0.2) is 23.4 Å². The number of phosphoric ester groups is 2. The van der Waals surface area contributed by atoms with E-state index in [1.807, 2.05) is 0 Å². The molecule has 5 rings (SSSR count). The summed E-state index contributed by atoms with van der Waals surface area (Å²) in [7, 11) is -10.7. The van der Waals surface area contributed by atoms with Crippen LogP contribution in [0, 0.1) is 46.3 Å². The van der Waals surface area contributed by atoms with Gasteiger partial charge < -0.3 is 24.6 Å². The van der Waals surface area contributed by atoms with Gasteiger partial charge in [-0.2, -0.15) is 4.31 Å². The van der Waals surface area contributed by atoms with Crippen molar-refractivity contribution in [1.82, 2.24) is 5.32 Å². The molecule has 302 valence electrons. The highest BCUT2D eigenvalue weighted by Crippen LogP contribution is 2.71. The molecule has 0 bridgehead atoms. The van der Waals surface area contributed by atoms with Crippen LogP contribution in [0.2, 0.25) is 0 Å². The van der Waals surface area contributed by atoms with Crippen LogP contribution in [0.15, 0.2) is 23.8 Å². The minimum absolute atomic E-state index is 0.0823. The van der Waals surface area contributed by atoms with Crippen molar-refractivity contribution in [2.75, 3.05) is 32.6 Å². The number of carbonyl (C=O) groups excluding carboxylic acids is 3. The number of nitrogens with one attached hydrogen (secondary N) is 1. The fourth-order valence-corrected chi connectivity index (χ4v) is 12.1. The van der Waals surface area contributed by atoms with Gasteiger partial charge in [-0.25, -0.2) is 22.3 Å². The van der Waals surface area contributed by atoms with Crippen LogP contribution in [-0.4, -0.2) is 83.2 Å². The quantitative estimate of drug-likeness (QED) is 0.0751. The van der Waals surface area contributed by atoms with E-state index in [0.717, 1.165) is 37.8 Å². The summed E-state index contributed by atoms with van der Waals surface area (Å²) >= 11 is 0.502. The summed E-state index contributed by atoms with van der Waals surface area (Å²) in [5.41, 5.74) is -5.22. The summed E-state index contributed by atoms with van der Waals surface area (Å²) in [6, 6.07) is -0.963. The molecule has 0 heterocycles. The van der Waals surface area contributed by atoms with Gasteiger partial charge in [0.25, 0.3) is 0 Å². The fourth-order valence-electron chi connectivity index (χ4n) is 9.40. The molecule has 54 heavy (non-hydrogen) atoms. The maximum atomic E-state index is 18.2. The van der Waals surface area contributed by atoms with Crippen LogP contribution < -0.4 is 5.32 Å². The second kappa shape index (κ2) is 17.3. The average Bonchev–Trinajstić information content (AvgIpc) is 3.33. The van der Waals surface area contributed by atoms with Gasteiger partial charge in [0.2, 0.25) is 5.91 Å². The Labute approximate surface area is 317 Å². The van der Waals surface area contributed by atoms with Crippen LogP contribution in [0.4, 0.5) is 13.2 Å². The number of hydrogen-bond donors (Lipinski definition) is 3. The lowest BCUT2D eigenvalue weighted by Gasteiger charge is -2.63. The first kappa shape index (κ1) is 43.3. The first-order valence-corrected chi connectivity index (χ1v) is 22.0. The van der Waals surface area contributed by atoms with E-state index in [1.165, 1.54) is 13.0 Å². The summed E-state index contributed by atoms with van der Waals surface area (Å²) in [5, 5.41) is 1.98. The second-order valence-corrected chi connectivity index (χ2v) is 19.0. The Morgan fingerprint density at radius 3 is 2.57 bits per heavy atom. The Hall–Kier alpha value is -1.83. The zero-order valence-electron chi connectivity index (χ0n) is 30.4. The molecular formula is C35H48F3NO12P2S. The number of carbonyl (C=O) groups is 3. The predicted octanol–water partition coefficient (Wildman–Crippen LogP) is 6.06. The van der Waals surface area contributed by atoms with Crippen LogP contribution in [0.5, 0.6) is 0 Å². The first-order chi connectivity index (χ1) is 25.4. The van der Waals surface area contributed by atoms with Gasteiger partial charge in [0.1, 0.15) is 24.9 Å². The highest BCUT2D eigenvalue weighted by molar-refractivity contribution is 8.13. The zero-order valence-corrected chi connectivity index (χ0v) is 33.0. The van der Waals surface area contributed by atoms with Crippen molar-refractivity contribution in [2.24, 2.45) is 34.5 Å². The Morgan fingerprint density at radius 2 is 1.83 bits per heavy atom. The third-order valence-corrected chi connectivity index (χ3v) is 15.0. The zero-order chi connectivity index (χ0) is 39.5. The normalized spacial score (nSPS) is 38.2. The molecule has 0 spiro atoms. The maximum Gasteiger partial charge on any atom is 0.483 e. The lowest BCUT2D eigenvalue weighted by molar-refractivity contribution is -0.231. The molecule has 19 heteroatoms. The average molecular weight is 826 g/mol. The lowest BCUT2D eigenvalue weighted by Crippen LogP contribution is -2.68. The Bertz CT molecular complexity index is 1670. The number of ketones is 1. The number of thioether (sulfide) groups is 1. The molecule has 3 N–H and O–H groups in total. The minimum Gasteiger partial charge on any atom is -0.356 e. The lowest BCUT2D eigenvalue weighted by atomic mass is 9.45. The molecular weight excluding hydrogens is 777 g/mol.